The second kappa shape index (κ2) is 4.97. The maximum absolute atomic E-state index is 12.8. The van der Waals surface area contributed by atoms with Crippen LogP contribution in [0.15, 0.2) is 36.8 Å². The van der Waals surface area contributed by atoms with E-state index in [2.05, 4.69) is 10.3 Å². The third kappa shape index (κ3) is 2.62. The smallest absolute Gasteiger partial charge is 0.123 e. The van der Waals surface area contributed by atoms with Gasteiger partial charge < -0.3 is 15.0 Å². The molecule has 1 atom stereocenters. The van der Waals surface area contributed by atoms with Crippen molar-refractivity contribution >= 4 is 5.69 Å². The third-order valence-electron chi connectivity index (χ3n) is 2.58. The van der Waals surface area contributed by atoms with Gasteiger partial charge in [0.1, 0.15) is 5.82 Å². The zero-order valence-corrected chi connectivity index (χ0v) is 9.47. The Morgan fingerprint density at radius 2 is 2.12 bits per heavy atom. The molecule has 0 saturated heterocycles. The molecule has 2 rings (SSSR count). The molecule has 2 aromatic rings. The topological polar surface area (TPSA) is 50.1 Å². The summed E-state index contributed by atoms with van der Waals surface area (Å²) < 4.78 is 14.6. The molecule has 0 spiro atoms. The highest BCUT2D eigenvalue weighted by Gasteiger charge is 2.13. The molecule has 0 aliphatic heterocycles. The summed E-state index contributed by atoms with van der Waals surface area (Å²) in [7, 11) is 1.86. The Labute approximate surface area is 98.7 Å². The predicted octanol–water partition coefficient (Wildman–Crippen LogP) is 1.70. The van der Waals surface area contributed by atoms with Crippen LogP contribution in [0.25, 0.3) is 0 Å². The molecular weight excluding hydrogens is 221 g/mol. The quantitative estimate of drug-likeness (QED) is 0.848. The Morgan fingerprint density at radius 1 is 1.41 bits per heavy atom. The molecule has 0 aliphatic carbocycles. The number of rotatable bonds is 4. The van der Waals surface area contributed by atoms with Gasteiger partial charge in [0.15, 0.2) is 0 Å². The summed E-state index contributed by atoms with van der Waals surface area (Å²) in [5, 5.41) is 12.5. The van der Waals surface area contributed by atoms with E-state index in [1.165, 1.54) is 12.1 Å². The lowest BCUT2D eigenvalue weighted by atomic mass is 10.2. The van der Waals surface area contributed by atoms with Gasteiger partial charge in [-0.05, 0) is 24.3 Å². The van der Waals surface area contributed by atoms with Crippen molar-refractivity contribution in [3.05, 3.63) is 48.3 Å². The Hall–Kier alpha value is -1.88. The van der Waals surface area contributed by atoms with Gasteiger partial charge in [-0.1, -0.05) is 0 Å². The first-order valence-electron chi connectivity index (χ1n) is 5.30. The van der Waals surface area contributed by atoms with Crippen molar-refractivity contribution in [3.8, 4) is 0 Å². The molecule has 0 bridgehead atoms. The van der Waals surface area contributed by atoms with E-state index in [-0.39, 0.29) is 18.5 Å². The molecule has 0 fully saturated rings. The van der Waals surface area contributed by atoms with Crippen molar-refractivity contribution in [2.24, 2.45) is 7.05 Å². The van der Waals surface area contributed by atoms with Crippen molar-refractivity contribution in [1.82, 2.24) is 9.55 Å². The summed E-state index contributed by atoms with van der Waals surface area (Å²) in [5.41, 5.74) is 1.63. The minimum Gasteiger partial charge on any atom is -0.394 e. The monoisotopic (exact) mass is 235 g/mol. The van der Waals surface area contributed by atoms with E-state index in [0.717, 1.165) is 11.4 Å². The number of benzene rings is 1. The average Bonchev–Trinajstić information content (AvgIpc) is 2.75. The van der Waals surface area contributed by atoms with E-state index in [4.69, 9.17) is 0 Å². The molecule has 0 aliphatic rings. The van der Waals surface area contributed by atoms with E-state index >= 15 is 0 Å². The summed E-state index contributed by atoms with van der Waals surface area (Å²) >= 11 is 0. The van der Waals surface area contributed by atoms with Crippen LogP contribution in [0.3, 0.4) is 0 Å². The number of aryl methyl sites for hydroxylation is 1. The van der Waals surface area contributed by atoms with Crippen LogP contribution in [0.2, 0.25) is 0 Å². The van der Waals surface area contributed by atoms with Crippen LogP contribution in [0.4, 0.5) is 10.1 Å². The van der Waals surface area contributed by atoms with Gasteiger partial charge >= 0.3 is 0 Å². The highest BCUT2D eigenvalue weighted by atomic mass is 19.1. The lowest BCUT2D eigenvalue weighted by molar-refractivity contribution is 0.272. The Bertz CT molecular complexity index is 481. The number of hydrogen-bond donors (Lipinski definition) is 2. The second-order valence-electron chi connectivity index (χ2n) is 3.82. The normalized spacial score (nSPS) is 12.4. The fraction of sp³-hybridized carbons (Fsp3) is 0.250. The number of imidazole rings is 1. The van der Waals surface area contributed by atoms with E-state index in [0.29, 0.717) is 0 Å². The van der Waals surface area contributed by atoms with Gasteiger partial charge in [0.25, 0.3) is 0 Å². The molecule has 1 aromatic carbocycles. The molecule has 1 heterocycles. The lowest BCUT2D eigenvalue weighted by Crippen LogP contribution is -2.17. The minimum absolute atomic E-state index is 0.0586. The van der Waals surface area contributed by atoms with Crippen LogP contribution in [0.5, 0.6) is 0 Å². The first kappa shape index (κ1) is 11.6. The van der Waals surface area contributed by atoms with Crippen LogP contribution in [0.1, 0.15) is 11.7 Å². The predicted molar refractivity (Wildman–Crippen MR) is 63.1 cm³/mol. The van der Waals surface area contributed by atoms with Gasteiger partial charge in [-0.15, -0.1) is 0 Å². The Kier molecular flexibility index (Phi) is 3.39. The highest BCUT2D eigenvalue weighted by Crippen LogP contribution is 2.18. The van der Waals surface area contributed by atoms with Crippen molar-refractivity contribution in [1.29, 1.82) is 0 Å². The van der Waals surface area contributed by atoms with Gasteiger partial charge in [0.2, 0.25) is 0 Å². The summed E-state index contributed by atoms with van der Waals surface area (Å²) in [6, 6.07) is 5.76. The number of nitrogens with one attached hydrogen (secondary N) is 1. The summed E-state index contributed by atoms with van der Waals surface area (Å²) in [6.45, 7) is -0.0586. The van der Waals surface area contributed by atoms with Crippen LogP contribution in [-0.2, 0) is 7.05 Å². The first-order chi connectivity index (χ1) is 8.20. The zero-order valence-electron chi connectivity index (χ0n) is 9.47. The third-order valence-corrected chi connectivity index (χ3v) is 2.58. The van der Waals surface area contributed by atoms with Crippen LogP contribution < -0.4 is 5.32 Å². The standard InChI is InChI=1S/C12H14FN3O/c1-16-8-14-6-12(16)11(7-17)15-10-4-2-9(13)3-5-10/h2-6,8,11,15,17H,7H2,1H3. The molecule has 1 aromatic heterocycles. The molecule has 4 nitrogen and oxygen atoms in total. The highest BCUT2D eigenvalue weighted by molar-refractivity contribution is 5.44. The lowest BCUT2D eigenvalue weighted by Gasteiger charge is -2.17. The van der Waals surface area contributed by atoms with Gasteiger partial charge in [0.05, 0.1) is 30.9 Å². The largest absolute Gasteiger partial charge is 0.394 e. The van der Waals surface area contributed by atoms with Gasteiger partial charge in [-0.3, -0.25) is 0 Å². The van der Waals surface area contributed by atoms with Gasteiger partial charge in [-0.2, -0.15) is 0 Å². The summed E-state index contributed by atoms with van der Waals surface area (Å²) in [6.07, 6.45) is 3.36. The summed E-state index contributed by atoms with van der Waals surface area (Å²) in [5.74, 6) is -0.281. The molecule has 1 unspecified atom stereocenters. The Morgan fingerprint density at radius 3 is 2.65 bits per heavy atom. The molecule has 5 heteroatoms. The number of aliphatic hydroxyl groups is 1. The number of halogens is 1. The van der Waals surface area contributed by atoms with Crippen molar-refractivity contribution in [2.75, 3.05) is 11.9 Å². The second-order valence-corrected chi connectivity index (χ2v) is 3.82. The average molecular weight is 235 g/mol. The number of hydrogen-bond acceptors (Lipinski definition) is 3. The summed E-state index contributed by atoms with van der Waals surface area (Å²) in [4.78, 5) is 4.00. The SMILES string of the molecule is Cn1cncc1C(CO)Nc1ccc(F)cc1. The first-order valence-corrected chi connectivity index (χ1v) is 5.30. The van der Waals surface area contributed by atoms with Gasteiger partial charge in [0, 0.05) is 12.7 Å². The maximum atomic E-state index is 12.8. The maximum Gasteiger partial charge on any atom is 0.123 e. The molecule has 0 amide bonds. The zero-order chi connectivity index (χ0) is 12.3. The van der Waals surface area contributed by atoms with Crippen LogP contribution in [0, 0.1) is 5.82 Å². The molecule has 90 valence electrons. The molecule has 17 heavy (non-hydrogen) atoms. The molecule has 0 radical (unpaired) electrons. The number of aliphatic hydroxyl groups excluding tert-OH is 1. The van der Waals surface area contributed by atoms with E-state index in [1.807, 2.05) is 11.6 Å². The van der Waals surface area contributed by atoms with E-state index in [1.54, 1.807) is 24.7 Å². The fourth-order valence-electron chi connectivity index (χ4n) is 1.66. The molecular formula is C12H14FN3O. The van der Waals surface area contributed by atoms with Crippen LogP contribution in [-0.4, -0.2) is 21.3 Å². The molecule has 2 N–H and O–H groups in total. The number of aromatic nitrogens is 2. The van der Waals surface area contributed by atoms with Crippen molar-refractivity contribution in [2.45, 2.75) is 6.04 Å². The van der Waals surface area contributed by atoms with Gasteiger partial charge in [-0.25, -0.2) is 9.37 Å². The van der Waals surface area contributed by atoms with Crippen LogP contribution >= 0.6 is 0 Å². The number of nitrogens with zero attached hydrogens (tertiary/aromatic N) is 2. The van der Waals surface area contributed by atoms with E-state index < -0.39 is 0 Å². The van der Waals surface area contributed by atoms with Crippen molar-refractivity contribution < 1.29 is 9.50 Å². The Balaban J connectivity index is 2.16. The molecule has 0 saturated carbocycles. The minimum atomic E-state index is -0.281. The van der Waals surface area contributed by atoms with E-state index in [9.17, 15) is 9.50 Å². The van der Waals surface area contributed by atoms with Crippen molar-refractivity contribution in [3.63, 3.8) is 0 Å². The fourth-order valence-corrected chi connectivity index (χ4v) is 1.66. The number of anilines is 1.